The van der Waals surface area contributed by atoms with Crippen molar-refractivity contribution < 1.29 is 9.90 Å². The maximum absolute atomic E-state index is 10.8. The van der Waals surface area contributed by atoms with Gasteiger partial charge in [-0.2, -0.15) is 0 Å². The van der Waals surface area contributed by atoms with Crippen LogP contribution in [0.4, 0.5) is 0 Å². The number of carbonyl (C=O) groups is 1. The minimum absolute atomic E-state index is 0.170. The summed E-state index contributed by atoms with van der Waals surface area (Å²) in [5, 5.41) is 15.7. The first kappa shape index (κ1) is 15.4. The largest absolute Gasteiger partial charge is 0.480 e. The molecule has 0 aromatic carbocycles. The molecule has 0 atom stereocenters. The molecule has 0 unspecified atom stereocenters. The Bertz CT molecular complexity index is 210. The normalized spacial score (nSPS) is 22.2. The number of carboxylic acids is 1. The molecule has 0 aromatic rings. The highest BCUT2D eigenvalue weighted by Gasteiger charge is 2.08. The average Bonchev–Trinajstić information content (AvgIpc) is 2.33. The topological polar surface area (TPSA) is 64.6 Å². The molecule has 0 aromatic heterocycles. The number of hydrogen-bond acceptors (Lipinski definition) is 4. The summed E-state index contributed by atoms with van der Waals surface area (Å²) in [5.74, 6) is -0.722. The molecule has 0 bridgehead atoms. The third-order valence-electron chi connectivity index (χ3n) is 3.25. The van der Waals surface area contributed by atoms with Crippen LogP contribution in [0, 0.1) is 0 Å². The summed E-state index contributed by atoms with van der Waals surface area (Å²) in [6.07, 6.45) is 5.91. The zero-order valence-electron chi connectivity index (χ0n) is 11.3. The molecule has 0 aliphatic carbocycles. The zero-order chi connectivity index (χ0) is 13.1. The van der Waals surface area contributed by atoms with E-state index in [0.717, 1.165) is 52.1 Å². The van der Waals surface area contributed by atoms with Crippen LogP contribution in [0.25, 0.3) is 0 Å². The van der Waals surface area contributed by atoms with Gasteiger partial charge < -0.3 is 15.7 Å². The standard InChI is InChI=1S/C13H27N3O2/c17-13(18)12-16-10-4-2-1-3-6-14-7-5-8-15-9-11-16/h14-15H,1-12H2,(H,17,18). The number of aliphatic carboxylic acids is 1. The van der Waals surface area contributed by atoms with Gasteiger partial charge in [0, 0.05) is 13.1 Å². The minimum Gasteiger partial charge on any atom is -0.480 e. The van der Waals surface area contributed by atoms with Gasteiger partial charge in [-0.1, -0.05) is 12.8 Å². The van der Waals surface area contributed by atoms with Gasteiger partial charge in [0.15, 0.2) is 0 Å². The average molecular weight is 257 g/mol. The predicted octanol–water partition coefficient (Wildman–Crippen LogP) is 0.516. The van der Waals surface area contributed by atoms with Gasteiger partial charge in [-0.25, -0.2) is 0 Å². The van der Waals surface area contributed by atoms with Crippen molar-refractivity contribution in [1.82, 2.24) is 15.5 Å². The summed E-state index contributed by atoms with van der Waals surface area (Å²) >= 11 is 0. The van der Waals surface area contributed by atoms with E-state index in [2.05, 4.69) is 10.6 Å². The molecule has 1 aliphatic heterocycles. The molecule has 18 heavy (non-hydrogen) atoms. The van der Waals surface area contributed by atoms with Crippen LogP contribution in [0.2, 0.25) is 0 Å². The van der Waals surface area contributed by atoms with E-state index >= 15 is 0 Å². The maximum Gasteiger partial charge on any atom is 0.317 e. The quantitative estimate of drug-likeness (QED) is 0.673. The van der Waals surface area contributed by atoms with E-state index in [1.54, 1.807) is 0 Å². The number of nitrogens with zero attached hydrogens (tertiary/aromatic N) is 1. The van der Waals surface area contributed by atoms with E-state index in [-0.39, 0.29) is 6.54 Å². The fourth-order valence-electron chi connectivity index (χ4n) is 2.23. The van der Waals surface area contributed by atoms with E-state index in [0.29, 0.717) is 0 Å². The molecule has 0 saturated carbocycles. The molecule has 0 radical (unpaired) electrons. The van der Waals surface area contributed by atoms with E-state index in [4.69, 9.17) is 5.11 Å². The lowest BCUT2D eigenvalue weighted by Crippen LogP contribution is -2.37. The second-order valence-electron chi connectivity index (χ2n) is 4.94. The molecule has 1 fully saturated rings. The molecule has 5 heteroatoms. The lowest BCUT2D eigenvalue weighted by molar-refractivity contribution is -0.138. The van der Waals surface area contributed by atoms with E-state index in [1.165, 1.54) is 19.3 Å². The van der Waals surface area contributed by atoms with Crippen molar-refractivity contribution in [3.05, 3.63) is 0 Å². The van der Waals surface area contributed by atoms with Crippen LogP contribution in [0.15, 0.2) is 0 Å². The number of nitrogens with one attached hydrogen (secondary N) is 2. The van der Waals surface area contributed by atoms with E-state index in [9.17, 15) is 4.79 Å². The van der Waals surface area contributed by atoms with E-state index in [1.807, 2.05) is 4.90 Å². The Morgan fingerprint density at radius 1 is 0.889 bits per heavy atom. The van der Waals surface area contributed by atoms with Crippen LogP contribution in [0.3, 0.4) is 0 Å². The smallest absolute Gasteiger partial charge is 0.317 e. The predicted molar refractivity (Wildman–Crippen MR) is 72.9 cm³/mol. The van der Waals surface area contributed by atoms with Crippen LogP contribution < -0.4 is 10.6 Å². The Morgan fingerprint density at radius 2 is 1.56 bits per heavy atom. The van der Waals surface area contributed by atoms with Gasteiger partial charge in [-0.15, -0.1) is 0 Å². The third-order valence-corrected chi connectivity index (χ3v) is 3.25. The summed E-state index contributed by atoms with van der Waals surface area (Å²) < 4.78 is 0. The fourth-order valence-corrected chi connectivity index (χ4v) is 2.23. The molecule has 5 nitrogen and oxygen atoms in total. The highest BCUT2D eigenvalue weighted by atomic mass is 16.4. The monoisotopic (exact) mass is 257 g/mol. The van der Waals surface area contributed by atoms with Crippen molar-refractivity contribution in [2.45, 2.75) is 32.1 Å². The number of hydrogen-bond donors (Lipinski definition) is 3. The Labute approximate surface area is 110 Å². The number of carboxylic acid groups (broad SMARTS) is 1. The second kappa shape index (κ2) is 10.3. The van der Waals surface area contributed by atoms with Gasteiger partial charge in [0.1, 0.15) is 0 Å². The Morgan fingerprint density at radius 3 is 2.33 bits per heavy atom. The zero-order valence-corrected chi connectivity index (χ0v) is 11.3. The Hall–Kier alpha value is -0.650. The lowest BCUT2D eigenvalue weighted by Gasteiger charge is -2.20. The molecule has 1 saturated heterocycles. The van der Waals surface area contributed by atoms with Crippen molar-refractivity contribution in [1.29, 1.82) is 0 Å². The SMILES string of the molecule is O=C(O)CN1CCCCCCNCCCNCC1. The van der Waals surface area contributed by atoms with Gasteiger partial charge in [-0.3, -0.25) is 9.69 Å². The van der Waals surface area contributed by atoms with Gasteiger partial charge in [0.25, 0.3) is 0 Å². The van der Waals surface area contributed by atoms with Crippen LogP contribution in [-0.2, 0) is 4.79 Å². The summed E-state index contributed by atoms with van der Waals surface area (Å²) in [7, 11) is 0. The van der Waals surface area contributed by atoms with Crippen molar-refractivity contribution in [3.8, 4) is 0 Å². The first-order chi connectivity index (χ1) is 8.79. The highest BCUT2D eigenvalue weighted by molar-refractivity contribution is 5.69. The third kappa shape index (κ3) is 8.44. The van der Waals surface area contributed by atoms with E-state index < -0.39 is 5.97 Å². The summed E-state index contributed by atoms with van der Waals surface area (Å²) in [5.41, 5.74) is 0. The second-order valence-corrected chi connectivity index (χ2v) is 4.94. The van der Waals surface area contributed by atoms with Gasteiger partial charge in [0.05, 0.1) is 6.54 Å². The first-order valence-corrected chi connectivity index (χ1v) is 7.14. The van der Waals surface area contributed by atoms with Gasteiger partial charge in [0.2, 0.25) is 0 Å². The molecule has 1 heterocycles. The molecule has 106 valence electrons. The summed E-state index contributed by atoms with van der Waals surface area (Å²) in [6.45, 7) is 5.98. The lowest BCUT2D eigenvalue weighted by atomic mass is 10.2. The van der Waals surface area contributed by atoms with Crippen molar-refractivity contribution in [2.24, 2.45) is 0 Å². The van der Waals surface area contributed by atoms with Crippen molar-refractivity contribution >= 4 is 5.97 Å². The first-order valence-electron chi connectivity index (χ1n) is 7.14. The van der Waals surface area contributed by atoms with Crippen LogP contribution >= 0.6 is 0 Å². The molecular weight excluding hydrogens is 230 g/mol. The molecule has 0 amide bonds. The molecule has 3 N–H and O–H groups in total. The van der Waals surface area contributed by atoms with Gasteiger partial charge >= 0.3 is 5.97 Å². The van der Waals surface area contributed by atoms with Crippen molar-refractivity contribution in [2.75, 3.05) is 45.8 Å². The summed E-state index contributed by atoms with van der Waals surface area (Å²) in [6, 6.07) is 0. The molecule has 1 aliphatic rings. The Balaban J connectivity index is 2.26. The fraction of sp³-hybridized carbons (Fsp3) is 0.923. The Kier molecular flexibility index (Phi) is 8.81. The number of rotatable bonds is 2. The molecule has 1 rings (SSSR count). The maximum atomic E-state index is 10.8. The molecular formula is C13H27N3O2. The van der Waals surface area contributed by atoms with Crippen LogP contribution in [0.5, 0.6) is 0 Å². The minimum atomic E-state index is -0.722. The van der Waals surface area contributed by atoms with Crippen LogP contribution in [-0.4, -0.2) is 61.8 Å². The summed E-state index contributed by atoms with van der Waals surface area (Å²) in [4.78, 5) is 12.8. The van der Waals surface area contributed by atoms with Gasteiger partial charge in [-0.05, 0) is 45.4 Å². The van der Waals surface area contributed by atoms with Crippen LogP contribution in [0.1, 0.15) is 32.1 Å². The highest BCUT2D eigenvalue weighted by Crippen LogP contribution is 2.01. The van der Waals surface area contributed by atoms with Crippen molar-refractivity contribution in [3.63, 3.8) is 0 Å². The molecule has 0 spiro atoms.